The second kappa shape index (κ2) is 8.39. The fourth-order valence-corrected chi connectivity index (χ4v) is 1.98. The standard InChI is InChI=1S/C15H20FNO4/c1-3-8-17-12(5-7-14(18)19)15(20)10-4-6-13(21-2)11(16)9-10/h3-4,6,9,12,15,17,20H,1,5,7-8H2,2H3,(H,18,19). The summed E-state index contributed by atoms with van der Waals surface area (Å²) in [6, 6.07) is 3.66. The fourth-order valence-electron chi connectivity index (χ4n) is 1.98. The molecular weight excluding hydrogens is 277 g/mol. The maximum Gasteiger partial charge on any atom is 0.303 e. The van der Waals surface area contributed by atoms with Gasteiger partial charge in [0.2, 0.25) is 0 Å². The maximum absolute atomic E-state index is 13.7. The molecule has 0 heterocycles. The number of aliphatic hydroxyl groups is 1. The van der Waals surface area contributed by atoms with Crippen LogP contribution in [0, 0.1) is 5.82 Å². The normalized spacial score (nSPS) is 13.5. The number of methoxy groups -OCH3 is 1. The number of aliphatic hydroxyl groups excluding tert-OH is 1. The van der Waals surface area contributed by atoms with Crippen LogP contribution in [-0.4, -0.2) is 35.9 Å². The zero-order chi connectivity index (χ0) is 15.8. The molecule has 0 aliphatic carbocycles. The number of carboxylic acid groups (broad SMARTS) is 1. The Kier molecular flexibility index (Phi) is 6.84. The van der Waals surface area contributed by atoms with Gasteiger partial charge in [0.1, 0.15) is 0 Å². The van der Waals surface area contributed by atoms with Gasteiger partial charge >= 0.3 is 5.97 Å². The average molecular weight is 297 g/mol. The molecule has 0 radical (unpaired) electrons. The first-order valence-corrected chi connectivity index (χ1v) is 6.57. The summed E-state index contributed by atoms with van der Waals surface area (Å²) in [6.45, 7) is 3.98. The Hall–Kier alpha value is -1.92. The van der Waals surface area contributed by atoms with E-state index < -0.39 is 23.9 Å². The van der Waals surface area contributed by atoms with Crippen LogP contribution in [0.1, 0.15) is 24.5 Å². The first-order chi connectivity index (χ1) is 9.99. The number of benzene rings is 1. The van der Waals surface area contributed by atoms with Crippen LogP contribution in [0.2, 0.25) is 0 Å². The molecule has 1 rings (SSSR count). The van der Waals surface area contributed by atoms with Gasteiger partial charge in [-0.05, 0) is 24.1 Å². The molecule has 0 aromatic heterocycles. The molecule has 0 fully saturated rings. The van der Waals surface area contributed by atoms with Crippen molar-refractivity contribution in [2.24, 2.45) is 0 Å². The fraction of sp³-hybridized carbons (Fsp3) is 0.400. The highest BCUT2D eigenvalue weighted by Gasteiger charge is 2.22. The molecular formula is C15H20FNO4. The Labute approximate surface area is 123 Å². The highest BCUT2D eigenvalue weighted by atomic mass is 19.1. The molecule has 2 unspecified atom stereocenters. The Morgan fingerprint density at radius 2 is 2.29 bits per heavy atom. The topological polar surface area (TPSA) is 78.8 Å². The van der Waals surface area contributed by atoms with Gasteiger partial charge in [0.05, 0.1) is 13.2 Å². The van der Waals surface area contributed by atoms with Crippen molar-refractivity contribution in [3.63, 3.8) is 0 Å². The molecule has 0 aliphatic rings. The number of rotatable bonds is 9. The van der Waals surface area contributed by atoms with Crippen LogP contribution in [0.25, 0.3) is 0 Å². The summed E-state index contributed by atoms with van der Waals surface area (Å²) < 4.78 is 18.5. The molecule has 5 nitrogen and oxygen atoms in total. The lowest BCUT2D eigenvalue weighted by atomic mass is 9.98. The van der Waals surface area contributed by atoms with Gasteiger partial charge in [-0.1, -0.05) is 12.1 Å². The number of ether oxygens (including phenoxy) is 1. The van der Waals surface area contributed by atoms with E-state index in [0.717, 1.165) is 0 Å². The Balaban J connectivity index is 2.86. The van der Waals surface area contributed by atoms with Crippen LogP contribution in [0.5, 0.6) is 5.75 Å². The summed E-state index contributed by atoms with van der Waals surface area (Å²) in [5, 5.41) is 22.0. The van der Waals surface area contributed by atoms with Crippen molar-refractivity contribution in [2.75, 3.05) is 13.7 Å². The van der Waals surface area contributed by atoms with E-state index in [2.05, 4.69) is 11.9 Å². The van der Waals surface area contributed by atoms with Gasteiger partial charge < -0.3 is 20.3 Å². The quantitative estimate of drug-likeness (QED) is 0.607. The Bertz CT molecular complexity index is 493. The molecule has 0 bridgehead atoms. The summed E-state index contributed by atoms with van der Waals surface area (Å²) in [5.74, 6) is -1.43. The Morgan fingerprint density at radius 3 is 2.81 bits per heavy atom. The third-order valence-corrected chi connectivity index (χ3v) is 3.09. The molecule has 0 saturated heterocycles. The number of hydrogen-bond donors (Lipinski definition) is 3. The van der Waals surface area contributed by atoms with E-state index in [9.17, 15) is 14.3 Å². The van der Waals surface area contributed by atoms with E-state index in [0.29, 0.717) is 12.1 Å². The van der Waals surface area contributed by atoms with Crippen molar-refractivity contribution in [3.8, 4) is 5.75 Å². The summed E-state index contributed by atoms with van der Waals surface area (Å²) in [6.07, 6.45) is 0.710. The predicted molar refractivity (Wildman–Crippen MR) is 76.8 cm³/mol. The molecule has 6 heteroatoms. The van der Waals surface area contributed by atoms with Crippen LogP contribution in [0.3, 0.4) is 0 Å². The number of nitrogens with one attached hydrogen (secondary N) is 1. The molecule has 21 heavy (non-hydrogen) atoms. The molecule has 0 saturated carbocycles. The highest BCUT2D eigenvalue weighted by Crippen LogP contribution is 2.25. The SMILES string of the molecule is C=CCNC(CCC(=O)O)C(O)c1ccc(OC)c(F)c1. The van der Waals surface area contributed by atoms with Gasteiger partial charge in [-0.15, -0.1) is 6.58 Å². The van der Waals surface area contributed by atoms with Crippen LogP contribution < -0.4 is 10.1 Å². The lowest BCUT2D eigenvalue weighted by Crippen LogP contribution is -2.35. The second-order valence-corrected chi connectivity index (χ2v) is 4.57. The molecule has 1 aromatic rings. The van der Waals surface area contributed by atoms with Gasteiger partial charge in [-0.2, -0.15) is 0 Å². The first-order valence-electron chi connectivity index (χ1n) is 6.57. The number of carbonyl (C=O) groups is 1. The minimum absolute atomic E-state index is 0.0899. The molecule has 0 amide bonds. The van der Waals surface area contributed by atoms with E-state index in [-0.39, 0.29) is 18.6 Å². The van der Waals surface area contributed by atoms with E-state index in [1.807, 2.05) is 0 Å². The van der Waals surface area contributed by atoms with Crippen LogP contribution >= 0.6 is 0 Å². The van der Waals surface area contributed by atoms with Crippen molar-refractivity contribution in [1.82, 2.24) is 5.32 Å². The highest BCUT2D eigenvalue weighted by molar-refractivity contribution is 5.66. The third kappa shape index (κ3) is 5.17. The minimum Gasteiger partial charge on any atom is -0.494 e. The number of carboxylic acids is 1. The van der Waals surface area contributed by atoms with Gasteiger partial charge in [0.15, 0.2) is 11.6 Å². The molecule has 116 valence electrons. The van der Waals surface area contributed by atoms with Crippen molar-refractivity contribution in [3.05, 3.63) is 42.2 Å². The largest absolute Gasteiger partial charge is 0.494 e. The van der Waals surface area contributed by atoms with Crippen molar-refractivity contribution in [1.29, 1.82) is 0 Å². The Morgan fingerprint density at radius 1 is 1.57 bits per heavy atom. The third-order valence-electron chi connectivity index (χ3n) is 3.09. The van der Waals surface area contributed by atoms with Gasteiger partial charge in [-0.25, -0.2) is 4.39 Å². The molecule has 2 atom stereocenters. The second-order valence-electron chi connectivity index (χ2n) is 4.57. The van der Waals surface area contributed by atoms with E-state index >= 15 is 0 Å². The predicted octanol–water partition coefficient (Wildman–Crippen LogP) is 1.88. The van der Waals surface area contributed by atoms with Crippen LogP contribution in [0.15, 0.2) is 30.9 Å². The van der Waals surface area contributed by atoms with Crippen molar-refractivity contribution >= 4 is 5.97 Å². The summed E-state index contributed by atoms with van der Waals surface area (Å²) >= 11 is 0. The molecule has 0 spiro atoms. The summed E-state index contributed by atoms with van der Waals surface area (Å²) in [7, 11) is 1.36. The molecule has 1 aromatic carbocycles. The summed E-state index contributed by atoms with van der Waals surface area (Å²) in [5.41, 5.74) is 0.361. The molecule has 0 aliphatic heterocycles. The maximum atomic E-state index is 13.7. The van der Waals surface area contributed by atoms with E-state index in [1.165, 1.54) is 19.2 Å². The number of halogens is 1. The van der Waals surface area contributed by atoms with E-state index in [1.54, 1.807) is 12.1 Å². The van der Waals surface area contributed by atoms with Gasteiger partial charge in [-0.3, -0.25) is 4.79 Å². The monoisotopic (exact) mass is 297 g/mol. The average Bonchev–Trinajstić information content (AvgIpc) is 2.46. The first kappa shape index (κ1) is 17.1. The minimum atomic E-state index is -1.02. The molecule has 3 N–H and O–H groups in total. The zero-order valence-electron chi connectivity index (χ0n) is 11.9. The summed E-state index contributed by atoms with van der Waals surface area (Å²) in [4.78, 5) is 10.7. The number of aliphatic carboxylic acids is 1. The van der Waals surface area contributed by atoms with E-state index in [4.69, 9.17) is 9.84 Å². The van der Waals surface area contributed by atoms with Crippen molar-refractivity contribution < 1.29 is 24.1 Å². The lowest BCUT2D eigenvalue weighted by molar-refractivity contribution is -0.137. The zero-order valence-corrected chi connectivity index (χ0v) is 11.9. The lowest BCUT2D eigenvalue weighted by Gasteiger charge is -2.24. The van der Waals surface area contributed by atoms with Gasteiger partial charge in [0.25, 0.3) is 0 Å². The van der Waals surface area contributed by atoms with Crippen LogP contribution in [-0.2, 0) is 4.79 Å². The van der Waals surface area contributed by atoms with Crippen molar-refractivity contribution in [2.45, 2.75) is 25.0 Å². The smallest absolute Gasteiger partial charge is 0.303 e. The van der Waals surface area contributed by atoms with Gasteiger partial charge in [0, 0.05) is 19.0 Å². The number of hydrogen-bond acceptors (Lipinski definition) is 4. The van der Waals surface area contributed by atoms with Crippen LogP contribution in [0.4, 0.5) is 4.39 Å².